The average molecular weight is 368 g/mol. The van der Waals surface area contributed by atoms with Gasteiger partial charge in [0.15, 0.2) is 0 Å². The Hall–Kier alpha value is -2.57. The van der Waals surface area contributed by atoms with Gasteiger partial charge in [0.2, 0.25) is 0 Å². The molecule has 26 heavy (non-hydrogen) atoms. The summed E-state index contributed by atoms with van der Waals surface area (Å²) in [6.45, 7) is 2.46. The minimum atomic E-state index is -0.258. The molecule has 0 atom stereocenters. The van der Waals surface area contributed by atoms with Crippen LogP contribution in [0.3, 0.4) is 0 Å². The summed E-state index contributed by atoms with van der Waals surface area (Å²) in [5.41, 5.74) is 2.58. The van der Waals surface area contributed by atoms with Gasteiger partial charge in [-0.1, -0.05) is 12.1 Å². The van der Waals surface area contributed by atoms with Gasteiger partial charge in [0.25, 0.3) is 5.91 Å². The fourth-order valence-corrected chi connectivity index (χ4v) is 3.79. The highest BCUT2D eigenvalue weighted by Crippen LogP contribution is 2.32. The Kier molecular flexibility index (Phi) is 4.77. The Labute approximate surface area is 154 Å². The standard InChI is InChI=1S/C20H17FN2O2S/c21-17-7-5-15(6-8-17)19-22-13-18(26-19)14-1-3-16(4-2-14)20(24)23-9-11-25-12-10-23/h1-8,13H,9-12H2. The molecule has 1 aromatic heterocycles. The average Bonchev–Trinajstić information content (AvgIpc) is 3.19. The lowest BCUT2D eigenvalue weighted by Crippen LogP contribution is -2.40. The Bertz CT molecular complexity index is 900. The molecule has 2 heterocycles. The van der Waals surface area contributed by atoms with Crippen molar-refractivity contribution in [2.24, 2.45) is 0 Å². The van der Waals surface area contributed by atoms with Crippen molar-refractivity contribution in [2.75, 3.05) is 26.3 Å². The van der Waals surface area contributed by atoms with Crippen LogP contribution in [0.2, 0.25) is 0 Å². The van der Waals surface area contributed by atoms with E-state index in [0.717, 1.165) is 21.0 Å². The molecular formula is C20H17FN2O2S. The molecule has 6 heteroatoms. The molecule has 2 aromatic carbocycles. The van der Waals surface area contributed by atoms with Crippen molar-refractivity contribution in [3.05, 3.63) is 66.1 Å². The minimum Gasteiger partial charge on any atom is -0.378 e. The lowest BCUT2D eigenvalue weighted by Gasteiger charge is -2.26. The molecule has 1 amide bonds. The molecule has 1 aliphatic heterocycles. The van der Waals surface area contributed by atoms with Crippen LogP contribution in [0.4, 0.5) is 4.39 Å². The molecule has 132 valence electrons. The van der Waals surface area contributed by atoms with E-state index < -0.39 is 0 Å². The molecule has 0 bridgehead atoms. The SMILES string of the molecule is O=C(c1ccc(-c2cnc(-c3ccc(F)cc3)s2)cc1)N1CCOCC1. The lowest BCUT2D eigenvalue weighted by atomic mass is 10.1. The van der Waals surface area contributed by atoms with Crippen molar-refractivity contribution in [2.45, 2.75) is 0 Å². The van der Waals surface area contributed by atoms with E-state index in [1.807, 2.05) is 35.4 Å². The second-order valence-electron chi connectivity index (χ2n) is 6.02. The zero-order valence-electron chi connectivity index (χ0n) is 14.0. The number of carbonyl (C=O) groups is 1. The Morgan fingerprint density at radius 1 is 1.00 bits per heavy atom. The first kappa shape index (κ1) is 16.9. The second-order valence-corrected chi connectivity index (χ2v) is 7.05. The molecule has 0 spiro atoms. The monoisotopic (exact) mass is 368 g/mol. The fraction of sp³-hybridized carbons (Fsp3) is 0.200. The van der Waals surface area contributed by atoms with Crippen LogP contribution in [0.15, 0.2) is 54.7 Å². The molecular weight excluding hydrogens is 351 g/mol. The lowest BCUT2D eigenvalue weighted by molar-refractivity contribution is 0.0303. The van der Waals surface area contributed by atoms with Crippen molar-refractivity contribution in [1.29, 1.82) is 0 Å². The molecule has 1 aliphatic rings. The zero-order chi connectivity index (χ0) is 17.9. The predicted molar refractivity (Wildman–Crippen MR) is 99.7 cm³/mol. The summed E-state index contributed by atoms with van der Waals surface area (Å²) in [5.74, 6) is -0.220. The normalized spacial score (nSPS) is 14.4. The Balaban J connectivity index is 1.52. The van der Waals surface area contributed by atoms with Gasteiger partial charge >= 0.3 is 0 Å². The maximum Gasteiger partial charge on any atom is 0.254 e. The number of carbonyl (C=O) groups excluding carboxylic acids is 1. The summed E-state index contributed by atoms with van der Waals surface area (Å²) in [4.78, 5) is 19.8. The number of hydrogen-bond acceptors (Lipinski definition) is 4. The van der Waals surface area contributed by atoms with Crippen LogP contribution in [-0.2, 0) is 4.74 Å². The topological polar surface area (TPSA) is 42.4 Å². The number of benzene rings is 2. The van der Waals surface area contributed by atoms with Crippen LogP contribution in [0.5, 0.6) is 0 Å². The third kappa shape index (κ3) is 3.52. The number of rotatable bonds is 3. The van der Waals surface area contributed by atoms with Crippen LogP contribution in [0.25, 0.3) is 21.0 Å². The van der Waals surface area contributed by atoms with Crippen molar-refractivity contribution < 1.29 is 13.9 Å². The van der Waals surface area contributed by atoms with Crippen molar-refractivity contribution >= 4 is 17.2 Å². The highest BCUT2D eigenvalue weighted by atomic mass is 32.1. The number of halogens is 1. The van der Waals surface area contributed by atoms with E-state index in [-0.39, 0.29) is 11.7 Å². The minimum absolute atomic E-state index is 0.0381. The summed E-state index contributed by atoms with van der Waals surface area (Å²) in [7, 11) is 0. The van der Waals surface area contributed by atoms with Gasteiger partial charge in [-0.05, 0) is 42.0 Å². The van der Waals surface area contributed by atoms with Crippen molar-refractivity contribution in [1.82, 2.24) is 9.88 Å². The number of morpholine rings is 1. The van der Waals surface area contributed by atoms with Gasteiger partial charge < -0.3 is 9.64 Å². The number of amides is 1. The quantitative estimate of drug-likeness (QED) is 0.699. The highest BCUT2D eigenvalue weighted by Gasteiger charge is 2.18. The van der Waals surface area contributed by atoms with E-state index in [0.29, 0.717) is 31.9 Å². The van der Waals surface area contributed by atoms with Crippen LogP contribution in [-0.4, -0.2) is 42.1 Å². The van der Waals surface area contributed by atoms with E-state index >= 15 is 0 Å². The fourth-order valence-electron chi connectivity index (χ4n) is 2.86. The highest BCUT2D eigenvalue weighted by molar-refractivity contribution is 7.18. The molecule has 4 rings (SSSR count). The van der Waals surface area contributed by atoms with Crippen LogP contribution >= 0.6 is 11.3 Å². The molecule has 0 aliphatic carbocycles. The van der Waals surface area contributed by atoms with Gasteiger partial charge in [-0.3, -0.25) is 4.79 Å². The number of ether oxygens (including phenoxy) is 1. The summed E-state index contributed by atoms with van der Waals surface area (Å²) >= 11 is 1.54. The van der Waals surface area contributed by atoms with Gasteiger partial charge in [0.05, 0.1) is 18.1 Å². The van der Waals surface area contributed by atoms with Crippen molar-refractivity contribution in [3.8, 4) is 21.0 Å². The first-order chi connectivity index (χ1) is 12.7. The molecule has 1 saturated heterocycles. The number of aromatic nitrogens is 1. The summed E-state index contributed by atoms with van der Waals surface area (Å²) < 4.78 is 18.3. The van der Waals surface area contributed by atoms with Gasteiger partial charge in [-0.2, -0.15) is 0 Å². The van der Waals surface area contributed by atoms with E-state index in [1.165, 1.54) is 12.1 Å². The second kappa shape index (κ2) is 7.35. The van der Waals surface area contributed by atoms with Crippen LogP contribution in [0, 0.1) is 5.82 Å². The van der Waals surface area contributed by atoms with Crippen LogP contribution in [0.1, 0.15) is 10.4 Å². The first-order valence-corrected chi connectivity index (χ1v) is 9.21. The molecule has 0 radical (unpaired) electrons. The summed E-state index contributed by atoms with van der Waals surface area (Å²) in [6.07, 6.45) is 1.81. The molecule has 0 saturated carbocycles. The largest absolute Gasteiger partial charge is 0.378 e. The van der Waals surface area contributed by atoms with E-state index in [4.69, 9.17) is 4.74 Å². The van der Waals surface area contributed by atoms with Crippen LogP contribution < -0.4 is 0 Å². The summed E-state index contributed by atoms with van der Waals surface area (Å²) in [6, 6.07) is 13.9. The van der Waals surface area contributed by atoms with Crippen molar-refractivity contribution in [3.63, 3.8) is 0 Å². The number of thiazole rings is 1. The van der Waals surface area contributed by atoms with Gasteiger partial charge in [0.1, 0.15) is 10.8 Å². The maximum atomic E-state index is 13.1. The third-order valence-electron chi connectivity index (χ3n) is 4.31. The third-order valence-corrected chi connectivity index (χ3v) is 5.41. The molecule has 4 nitrogen and oxygen atoms in total. The predicted octanol–water partition coefficient (Wildman–Crippen LogP) is 4.09. The van der Waals surface area contributed by atoms with Gasteiger partial charge in [-0.25, -0.2) is 9.37 Å². The van der Waals surface area contributed by atoms with Gasteiger partial charge in [0, 0.05) is 30.4 Å². The van der Waals surface area contributed by atoms with E-state index in [9.17, 15) is 9.18 Å². The first-order valence-electron chi connectivity index (χ1n) is 8.40. The smallest absolute Gasteiger partial charge is 0.254 e. The zero-order valence-corrected chi connectivity index (χ0v) is 14.8. The Morgan fingerprint density at radius 2 is 1.65 bits per heavy atom. The Morgan fingerprint density at radius 3 is 2.35 bits per heavy atom. The molecule has 3 aromatic rings. The molecule has 1 fully saturated rings. The summed E-state index contributed by atoms with van der Waals surface area (Å²) in [5, 5.41) is 0.841. The van der Waals surface area contributed by atoms with Gasteiger partial charge in [-0.15, -0.1) is 11.3 Å². The molecule has 0 unspecified atom stereocenters. The maximum absolute atomic E-state index is 13.1. The molecule has 0 N–H and O–H groups in total. The number of hydrogen-bond donors (Lipinski definition) is 0. The van der Waals surface area contributed by atoms with E-state index in [2.05, 4.69) is 4.98 Å². The number of nitrogens with zero attached hydrogens (tertiary/aromatic N) is 2. The van der Waals surface area contributed by atoms with E-state index in [1.54, 1.807) is 23.5 Å².